The molecular formula is C15H13BrN2. The van der Waals surface area contributed by atoms with Crippen LogP contribution in [0.1, 0.15) is 16.7 Å². The maximum absolute atomic E-state index is 9.15. The fourth-order valence-corrected chi connectivity index (χ4v) is 2.23. The average Bonchev–Trinajstić information content (AvgIpc) is 2.35. The molecule has 0 aromatic heterocycles. The molecule has 0 amide bonds. The van der Waals surface area contributed by atoms with E-state index >= 15 is 0 Å². The van der Waals surface area contributed by atoms with E-state index in [9.17, 15) is 0 Å². The van der Waals surface area contributed by atoms with Crippen molar-refractivity contribution in [2.24, 2.45) is 0 Å². The number of hydrogen-bond donors (Lipinski definition) is 1. The van der Waals surface area contributed by atoms with Crippen LogP contribution in [0.15, 0.2) is 40.9 Å². The van der Waals surface area contributed by atoms with Crippen molar-refractivity contribution in [3.63, 3.8) is 0 Å². The maximum atomic E-state index is 9.15. The number of halogens is 1. The molecule has 2 nitrogen and oxygen atoms in total. The summed E-state index contributed by atoms with van der Waals surface area (Å²) >= 11 is 3.37. The molecule has 0 fully saturated rings. The first-order valence-electron chi connectivity index (χ1n) is 5.64. The molecule has 1 N–H and O–H groups in total. The Morgan fingerprint density at radius 3 is 2.39 bits per heavy atom. The second-order valence-electron chi connectivity index (χ2n) is 4.19. The van der Waals surface area contributed by atoms with Gasteiger partial charge in [0, 0.05) is 10.2 Å². The van der Waals surface area contributed by atoms with Crippen LogP contribution in [0.5, 0.6) is 0 Å². The summed E-state index contributed by atoms with van der Waals surface area (Å²) in [6.07, 6.45) is 0. The van der Waals surface area contributed by atoms with Crippen molar-refractivity contribution in [3.8, 4) is 6.07 Å². The van der Waals surface area contributed by atoms with Crippen molar-refractivity contribution >= 4 is 27.3 Å². The number of rotatable bonds is 2. The van der Waals surface area contributed by atoms with Gasteiger partial charge in [0.15, 0.2) is 0 Å². The van der Waals surface area contributed by atoms with Gasteiger partial charge in [0.1, 0.15) is 6.07 Å². The summed E-state index contributed by atoms with van der Waals surface area (Å²) < 4.78 is 0.908. The molecule has 0 saturated heterocycles. The lowest BCUT2D eigenvalue weighted by molar-refractivity contribution is 1.35. The molecule has 0 aliphatic heterocycles. The van der Waals surface area contributed by atoms with Crippen LogP contribution in [-0.4, -0.2) is 0 Å². The van der Waals surface area contributed by atoms with Gasteiger partial charge in [-0.1, -0.05) is 34.1 Å². The first-order chi connectivity index (χ1) is 8.61. The van der Waals surface area contributed by atoms with Gasteiger partial charge in [0.05, 0.1) is 11.3 Å². The zero-order chi connectivity index (χ0) is 13.1. The highest BCUT2D eigenvalue weighted by molar-refractivity contribution is 9.10. The van der Waals surface area contributed by atoms with Gasteiger partial charge in [-0.05, 0) is 43.2 Å². The summed E-state index contributed by atoms with van der Waals surface area (Å²) in [6.45, 7) is 4.11. The molecule has 0 bridgehead atoms. The van der Waals surface area contributed by atoms with Crippen LogP contribution in [0.2, 0.25) is 0 Å². The molecule has 3 heteroatoms. The maximum Gasteiger partial charge on any atom is 0.101 e. The molecule has 0 spiro atoms. The second-order valence-corrected chi connectivity index (χ2v) is 5.11. The minimum absolute atomic E-state index is 0.632. The second kappa shape index (κ2) is 5.24. The fourth-order valence-electron chi connectivity index (χ4n) is 1.86. The largest absolute Gasteiger partial charge is 0.354 e. The first kappa shape index (κ1) is 12.7. The Bertz CT molecular complexity index is 607. The van der Waals surface area contributed by atoms with Crippen molar-refractivity contribution in [2.75, 3.05) is 5.32 Å². The van der Waals surface area contributed by atoms with Gasteiger partial charge in [0.2, 0.25) is 0 Å². The summed E-state index contributed by atoms with van der Waals surface area (Å²) in [5.41, 5.74) is 4.87. The molecule has 18 heavy (non-hydrogen) atoms. The van der Waals surface area contributed by atoms with Crippen LogP contribution in [0.25, 0.3) is 0 Å². The number of nitrogens with one attached hydrogen (secondary N) is 1. The molecule has 0 saturated carbocycles. The van der Waals surface area contributed by atoms with Gasteiger partial charge in [-0.25, -0.2) is 0 Å². The van der Waals surface area contributed by atoms with E-state index < -0.39 is 0 Å². The molecule has 2 aromatic carbocycles. The van der Waals surface area contributed by atoms with Crippen molar-refractivity contribution < 1.29 is 0 Å². The van der Waals surface area contributed by atoms with Crippen LogP contribution >= 0.6 is 15.9 Å². The van der Waals surface area contributed by atoms with E-state index in [0.29, 0.717) is 5.56 Å². The molecule has 0 unspecified atom stereocenters. The minimum Gasteiger partial charge on any atom is -0.354 e. The first-order valence-corrected chi connectivity index (χ1v) is 6.44. The number of nitrogens with zero attached hydrogens (tertiary/aromatic N) is 1. The number of benzene rings is 2. The van der Waals surface area contributed by atoms with Gasteiger partial charge in [-0.3, -0.25) is 0 Å². The summed E-state index contributed by atoms with van der Waals surface area (Å²) in [5, 5.41) is 12.5. The Labute approximate surface area is 115 Å². The van der Waals surface area contributed by atoms with Crippen LogP contribution in [-0.2, 0) is 0 Å². The quantitative estimate of drug-likeness (QED) is 0.874. The van der Waals surface area contributed by atoms with Crippen LogP contribution in [0.3, 0.4) is 0 Å². The van der Waals surface area contributed by atoms with E-state index in [1.165, 1.54) is 11.1 Å². The van der Waals surface area contributed by atoms with Crippen molar-refractivity contribution in [3.05, 3.63) is 57.6 Å². The van der Waals surface area contributed by atoms with Crippen LogP contribution in [0.4, 0.5) is 11.4 Å². The lowest BCUT2D eigenvalue weighted by Crippen LogP contribution is -1.98. The number of nitriles is 1. The smallest absolute Gasteiger partial charge is 0.101 e. The molecule has 0 aliphatic carbocycles. The molecule has 0 aliphatic rings. The van der Waals surface area contributed by atoms with Crippen LogP contribution in [0, 0.1) is 25.2 Å². The van der Waals surface area contributed by atoms with E-state index in [-0.39, 0.29) is 0 Å². The third-order valence-corrected chi connectivity index (χ3v) is 3.34. The molecule has 0 heterocycles. The monoisotopic (exact) mass is 300 g/mol. The summed E-state index contributed by atoms with van der Waals surface area (Å²) in [4.78, 5) is 0. The van der Waals surface area contributed by atoms with Gasteiger partial charge >= 0.3 is 0 Å². The predicted octanol–water partition coefficient (Wildman–Crippen LogP) is 4.68. The van der Waals surface area contributed by atoms with E-state index in [1.54, 1.807) is 0 Å². The summed E-state index contributed by atoms with van der Waals surface area (Å²) in [5.74, 6) is 0. The minimum atomic E-state index is 0.632. The van der Waals surface area contributed by atoms with E-state index in [0.717, 1.165) is 15.8 Å². The Balaban J connectivity index is 2.44. The van der Waals surface area contributed by atoms with Gasteiger partial charge in [0.25, 0.3) is 0 Å². The number of anilines is 2. The standard InChI is InChI=1S/C15H13BrN2/c1-10-4-3-5-11(2)15(10)18-14-7-6-13(16)8-12(14)9-17/h3-8,18H,1-2H3. The molecule has 2 rings (SSSR count). The van der Waals surface area contributed by atoms with E-state index in [4.69, 9.17) is 5.26 Å². The Morgan fingerprint density at radius 1 is 1.11 bits per heavy atom. The van der Waals surface area contributed by atoms with E-state index in [2.05, 4.69) is 53.3 Å². The van der Waals surface area contributed by atoms with Gasteiger partial charge in [-0.2, -0.15) is 5.26 Å². The molecular weight excluding hydrogens is 288 g/mol. The van der Waals surface area contributed by atoms with Gasteiger partial charge < -0.3 is 5.32 Å². The topological polar surface area (TPSA) is 35.8 Å². The zero-order valence-electron chi connectivity index (χ0n) is 10.3. The fraction of sp³-hybridized carbons (Fsp3) is 0.133. The summed E-state index contributed by atoms with van der Waals surface area (Å²) in [7, 11) is 0. The Morgan fingerprint density at radius 2 is 1.78 bits per heavy atom. The van der Waals surface area contributed by atoms with Crippen molar-refractivity contribution in [1.82, 2.24) is 0 Å². The third-order valence-electron chi connectivity index (χ3n) is 2.84. The predicted molar refractivity (Wildman–Crippen MR) is 78.1 cm³/mol. The zero-order valence-corrected chi connectivity index (χ0v) is 11.9. The molecule has 0 radical (unpaired) electrons. The average molecular weight is 301 g/mol. The number of para-hydroxylation sites is 1. The summed E-state index contributed by atoms with van der Waals surface area (Å²) in [6, 6.07) is 14.0. The van der Waals surface area contributed by atoms with Gasteiger partial charge in [-0.15, -0.1) is 0 Å². The van der Waals surface area contributed by atoms with Crippen molar-refractivity contribution in [2.45, 2.75) is 13.8 Å². The normalized spacial score (nSPS) is 9.89. The lowest BCUT2D eigenvalue weighted by Gasteiger charge is -2.13. The van der Waals surface area contributed by atoms with Crippen molar-refractivity contribution in [1.29, 1.82) is 5.26 Å². The SMILES string of the molecule is Cc1cccc(C)c1Nc1ccc(Br)cc1C#N. The Kier molecular flexibility index (Phi) is 3.69. The molecule has 2 aromatic rings. The molecule has 90 valence electrons. The highest BCUT2D eigenvalue weighted by Gasteiger charge is 2.06. The highest BCUT2D eigenvalue weighted by Crippen LogP contribution is 2.27. The number of aryl methyl sites for hydroxylation is 2. The Hall–Kier alpha value is -1.79. The molecule has 0 atom stereocenters. The third kappa shape index (κ3) is 2.55. The number of hydrogen-bond acceptors (Lipinski definition) is 2. The van der Waals surface area contributed by atoms with E-state index in [1.807, 2.05) is 24.3 Å². The lowest BCUT2D eigenvalue weighted by atomic mass is 10.1. The highest BCUT2D eigenvalue weighted by atomic mass is 79.9. The van der Waals surface area contributed by atoms with Crippen LogP contribution < -0.4 is 5.32 Å².